The number of sulfone groups is 1. The van der Waals surface area contributed by atoms with Crippen LogP contribution in [0.25, 0.3) is 0 Å². The highest BCUT2D eigenvalue weighted by atomic mass is 32.2. The first-order chi connectivity index (χ1) is 7.70. The molecule has 0 saturated heterocycles. The molecule has 1 aliphatic carbocycles. The lowest BCUT2D eigenvalue weighted by Crippen LogP contribution is -2.48. The van der Waals surface area contributed by atoms with Crippen LogP contribution in [0, 0.1) is 11.3 Å². The molecule has 0 aliphatic heterocycles. The highest BCUT2D eigenvalue weighted by Crippen LogP contribution is 2.41. The van der Waals surface area contributed by atoms with Crippen LogP contribution >= 0.6 is 0 Å². The van der Waals surface area contributed by atoms with Crippen LogP contribution in [0.5, 0.6) is 0 Å². The molecule has 0 spiro atoms. The van der Waals surface area contributed by atoms with E-state index < -0.39 is 9.84 Å². The van der Waals surface area contributed by atoms with Crippen molar-refractivity contribution in [2.75, 3.05) is 12.3 Å². The molecule has 0 amide bonds. The molecule has 2 unspecified atom stereocenters. The average Bonchev–Trinajstić information content (AvgIpc) is 2.41. The fourth-order valence-corrected chi connectivity index (χ4v) is 5.48. The Morgan fingerprint density at radius 3 is 2.41 bits per heavy atom. The fraction of sp³-hybridized carbons (Fsp3) is 1.00. The van der Waals surface area contributed by atoms with E-state index in [4.69, 9.17) is 0 Å². The van der Waals surface area contributed by atoms with Crippen LogP contribution in [0.2, 0.25) is 0 Å². The van der Waals surface area contributed by atoms with Gasteiger partial charge in [0.2, 0.25) is 0 Å². The molecule has 0 bridgehead atoms. The molecule has 2 atom stereocenters. The molecule has 1 N–H and O–H groups in total. The molecule has 102 valence electrons. The molecule has 0 aromatic rings. The monoisotopic (exact) mass is 261 g/mol. The van der Waals surface area contributed by atoms with Gasteiger partial charge in [0.1, 0.15) is 0 Å². The van der Waals surface area contributed by atoms with Crippen molar-refractivity contribution in [3.8, 4) is 0 Å². The largest absolute Gasteiger partial charge is 0.312 e. The van der Waals surface area contributed by atoms with Gasteiger partial charge in [-0.05, 0) is 30.7 Å². The number of hydrogen-bond donors (Lipinski definition) is 1. The summed E-state index contributed by atoms with van der Waals surface area (Å²) in [5, 5.41) is 3.19. The van der Waals surface area contributed by atoms with Gasteiger partial charge in [0, 0.05) is 6.04 Å². The zero-order valence-corrected chi connectivity index (χ0v) is 12.6. The molecule has 0 aromatic heterocycles. The van der Waals surface area contributed by atoms with Crippen LogP contribution in [0.15, 0.2) is 0 Å². The van der Waals surface area contributed by atoms with E-state index in [1.54, 1.807) is 0 Å². The van der Waals surface area contributed by atoms with E-state index >= 15 is 0 Å². The van der Waals surface area contributed by atoms with Crippen LogP contribution in [-0.2, 0) is 9.84 Å². The second kappa shape index (κ2) is 5.27. The molecule has 1 saturated carbocycles. The van der Waals surface area contributed by atoms with Crippen molar-refractivity contribution < 1.29 is 8.42 Å². The van der Waals surface area contributed by atoms with Gasteiger partial charge in [0.15, 0.2) is 9.84 Å². The van der Waals surface area contributed by atoms with Crippen LogP contribution in [0.3, 0.4) is 0 Å². The van der Waals surface area contributed by atoms with Crippen LogP contribution in [0.1, 0.15) is 47.5 Å². The Kier molecular flexibility index (Phi) is 4.64. The SMILES string of the molecule is CCNC1C(S(=O)(=O)CC(C)C)CCC1(C)C. The maximum Gasteiger partial charge on any atom is 0.154 e. The molecule has 4 heteroatoms. The van der Waals surface area contributed by atoms with Gasteiger partial charge in [0.25, 0.3) is 0 Å². The Labute approximate surface area is 106 Å². The summed E-state index contributed by atoms with van der Waals surface area (Å²) < 4.78 is 24.8. The van der Waals surface area contributed by atoms with E-state index in [0.29, 0.717) is 5.75 Å². The Morgan fingerprint density at radius 2 is 1.94 bits per heavy atom. The summed E-state index contributed by atoms with van der Waals surface area (Å²) in [5.41, 5.74) is 0.0880. The lowest BCUT2D eigenvalue weighted by atomic mass is 9.87. The third-order valence-electron chi connectivity index (χ3n) is 3.74. The first kappa shape index (κ1) is 15.0. The molecule has 0 aromatic carbocycles. The number of rotatable bonds is 5. The summed E-state index contributed by atoms with van der Waals surface area (Å²) in [5.74, 6) is 0.529. The van der Waals surface area contributed by atoms with Crippen LogP contribution < -0.4 is 5.32 Å². The van der Waals surface area contributed by atoms with Crippen LogP contribution in [0.4, 0.5) is 0 Å². The van der Waals surface area contributed by atoms with Gasteiger partial charge in [-0.3, -0.25) is 0 Å². The number of nitrogens with one attached hydrogen (secondary N) is 1. The van der Waals surface area contributed by atoms with E-state index in [1.807, 2.05) is 20.8 Å². The van der Waals surface area contributed by atoms with Crippen molar-refractivity contribution in [2.45, 2.75) is 58.8 Å². The molecule has 17 heavy (non-hydrogen) atoms. The average molecular weight is 261 g/mol. The molecule has 0 radical (unpaired) electrons. The third-order valence-corrected chi connectivity index (χ3v) is 6.30. The van der Waals surface area contributed by atoms with Gasteiger partial charge in [0.05, 0.1) is 11.0 Å². The lowest BCUT2D eigenvalue weighted by molar-refractivity contribution is 0.288. The van der Waals surface area contributed by atoms with E-state index in [2.05, 4.69) is 19.2 Å². The van der Waals surface area contributed by atoms with Gasteiger partial charge in [-0.25, -0.2) is 8.42 Å². The molecule has 0 heterocycles. The normalized spacial score (nSPS) is 28.8. The van der Waals surface area contributed by atoms with Gasteiger partial charge < -0.3 is 5.32 Å². The quantitative estimate of drug-likeness (QED) is 0.825. The minimum atomic E-state index is -2.96. The summed E-state index contributed by atoms with van der Waals surface area (Å²) in [6.45, 7) is 11.2. The highest BCUT2D eigenvalue weighted by Gasteiger charge is 2.47. The highest BCUT2D eigenvalue weighted by molar-refractivity contribution is 7.92. The van der Waals surface area contributed by atoms with Gasteiger partial charge in [-0.15, -0.1) is 0 Å². The molecule has 1 aliphatic rings. The summed E-state index contributed by atoms with van der Waals surface area (Å²) in [4.78, 5) is 0. The molecular formula is C13H27NO2S. The Hall–Kier alpha value is -0.0900. The zero-order chi connectivity index (χ0) is 13.3. The van der Waals surface area contributed by atoms with Gasteiger partial charge in [-0.1, -0.05) is 34.6 Å². The second-order valence-electron chi connectivity index (χ2n) is 6.32. The van der Waals surface area contributed by atoms with E-state index in [1.165, 1.54) is 0 Å². The maximum absolute atomic E-state index is 12.4. The van der Waals surface area contributed by atoms with Crippen molar-refractivity contribution >= 4 is 9.84 Å². The molecular weight excluding hydrogens is 234 g/mol. The Morgan fingerprint density at radius 1 is 1.35 bits per heavy atom. The topological polar surface area (TPSA) is 46.2 Å². The van der Waals surface area contributed by atoms with Gasteiger partial charge in [-0.2, -0.15) is 0 Å². The molecule has 3 nitrogen and oxygen atoms in total. The van der Waals surface area contributed by atoms with Gasteiger partial charge >= 0.3 is 0 Å². The Bertz CT molecular complexity index is 346. The minimum absolute atomic E-state index is 0.0880. The number of hydrogen-bond acceptors (Lipinski definition) is 3. The minimum Gasteiger partial charge on any atom is -0.312 e. The summed E-state index contributed by atoms with van der Waals surface area (Å²) in [6, 6.07) is 0.108. The van der Waals surface area contributed by atoms with Crippen molar-refractivity contribution in [3.63, 3.8) is 0 Å². The third kappa shape index (κ3) is 3.44. The van der Waals surface area contributed by atoms with Crippen molar-refractivity contribution in [1.82, 2.24) is 5.32 Å². The first-order valence-electron chi connectivity index (χ1n) is 6.65. The summed E-state index contributed by atoms with van der Waals surface area (Å²) in [6.07, 6.45) is 1.80. The molecule has 1 rings (SSSR count). The summed E-state index contributed by atoms with van der Waals surface area (Å²) >= 11 is 0. The lowest BCUT2D eigenvalue weighted by Gasteiger charge is -2.31. The van der Waals surface area contributed by atoms with Crippen molar-refractivity contribution in [1.29, 1.82) is 0 Å². The van der Waals surface area contributed by atoms with Crippen molar-refractivity contribution in [3.05, 3.63) is 0 Å². The predicted octanol–water partition coefficient (Wildman–Crippen LogP) is 2.22. The first-order valence-corrected chi connectivity index (χ1v) is 8.37. The zero-order valence-electron chi connectivity index (χ0n) is 11.8. The van der Waals surface area contributed by atoms with E-state index in [-0.39, 0.29) is 22.6 Å². The predicted molar refractivity (Wildman–Crippen MR) is 72.9 cm³/mol. The van der Waals surface area contributed by atoms with E-state index in [9.17, 15) is 8.42 Å². The maximum atomic E-state index is 12.4. The smallest absolute Gasteiger partial charge is 0.154 e. The van der Waals surface area contributed by atoms with Crippen LogP contribution in [-0.4, -0.2) is 32.0 Å². The van der Waals surface area contributed by atoms with E-state index in [0.717, 1.165) is 19.4 Å². The fourth-order valence-electron chi connectivity index (χ4n) is 2.94. The second-order valence-corrected chi connectivity index (χ2v) is 8.59. The standard InChI is InChI=1S/C13H27NO2S/c1-6-14-12-11(7-8-13(12,4)5)17(15,16)9-10(2)3/h10-12,14H,6-9H2,1-5H3. The Balaban J connectivity index is 2.90. The molecule has 1 fully saturated rings. The summed E-state index contributed by atoms with van der Waals surface area (Å²) in [7, 11) is -2.96. The van der Waals surface area contributed by atoms with Crippen molar-refractivity contribution in [2.24, 2.45) is 11.3 Å².